The number of hydrogen-bond donors (Lipinski definition) is 1. The van der Waals surface area contributed by atoms with Gasteiger partial charge in [0.25, 0.3) is 0 Å². The Labute approximate surface area is 125 Å². The molecule has 2 aromatic rings. The summed E-state index contributed by atoms with van der Waals surface area (Å²) in [6.45, 7) is 0. The van der Waals surface area contributed by atoms with Crippen molar-refractivity contribution in [2.75, 3.05) is 0 Å². The van der Waals surface area contributed by atoms with Gasteiger partial charge in [0.05, 0.1) is 5.60 Å². The van der Waals surface area contributed by atoms with Crippen molar-refractivity contribution in [3.8, 4) is 0 Å². The van der Waals surface area contributed by atoms with Crippen molar-refractivity contribution in [1.29, 1.82) is 0 Å². The normalized spacial score (nSPS) is 35.2. The first kappa shape index (κ1) is 13.4. The van der Waals surface area contributed by atoms with E-state index in [4.69, 9.17) is 0 Å². The molecule has 2 bridgehead atoms. The Morgan fingerprint density at radius 3 is 2.33 bits per heavy atom. The zero-order chi connectivity index (χ0) is 14.6. The van der Waals surface area contributed by atoms with Crippen LogP contribution in [0.2, 0.25) is 0 Å². The topological polar surface area (TPSA) is 37.3 Å². The van der Waals surface area contributed by atoms with Crippen molar-refractivity contribution in [3.05, 3.63) is 47.8 Å². The molecule has 2 aliphatic rings. The van der Waals surface area contributed by atoms with Crippen LogP contribution in [0.15, 0.2) is 36.4 Å². The zero-order valence-electron chi connectivity index (χ0n) is 11.6. The monoisotopic (exact) mass is 304 g/mol. The molecule has 2 aromatic carbocycles. The van der Waals surface area contributed by atoms with Crippen molar-refractivity contribution in [2.45, 2.75) is 41.8 Å². The lowest BCUT2D eigenvalue weighted by Crippen LogP contribution is -2.40. The summed E-state index contributed by atoms with van der Waals surface area (Å²) >= 11 is 0. The second-order valence-electron chi connectivity index (χ2n) is 6.23. The molecule has 1 N–H and O–H groups in total. The molecule has 2 fully saturated rings. The Kier molecular flexibility index (Phi) is 2.95. The van der Waals surface area contributed by atoms with Gasteiger partial charge in [-0.3, -0.25) is 4.21 Å². The molecule has 4 rings (SSSR count). The lowest BCUT2D eigenvalue weighted by molar-refractivity contribution is 0.0199. The highest BCUT2D eigenvalue weighted by Gasteiger charge is 2.48. The highest BCUT2D eigenvalue weighted by atomic mass is 32.2. The number of hydrogen-bond acceptors (Lipinski definition) is 2. The first-order valence-corrected chi connectivity index (χ1v) is 8.65. The van der Waals surface area contributed by atoms with Gasteiger partial charge < -0.3 is 5.11 Å². The van der Waals surface area contributed by atoms with Gasteiger partial charge in [-0.25, -0.2) is 4.39 Å². The predicted molar refractivity (Wildman–Crippen MR) is 82.0 cm³/mol. The molecular formula is C17H17FO2S. The number of rotatable bonds is 1. The van der Waals surface area contributed by atoms with E-state index in [1.807, 2.05) is 12.1 Å². The predicted octanol–water partition coefficient (Wildman–Crippen LogP) is 3.24. The molecule has 0 aliphatic carbocycles. The van der Waals surface area contributed by atoms with E-state index in [1.165, 1.54) is 6.07 Å². The third kappa shape index (κ3) is 1.96. The summed E-state index contributed by atoms with van der Waals surface area (Å²) in [6, 6.07) is 10.4. The smallest absolute Gasteiger partial charge is 0.131 e. The molecule has 2 aliphatic heterocycles. The van der Waals surface area contributed by atoms with Crippen molar-refractivity contribution in [1.82, 2.24) is 0 Å². The van der Waals surface area contributed by atoms with E-state index in [-0.39, 0.29) is 16.3 Å². The van der Waals surface area contributed by atoms with E-state index in [0.717, 1.165) is 23.8 Å². The molecule has 110 valence electrons. The standard InChI is InChI=1S/C17H17FO2S/c18-16-8-7-15(13-3-1-2-4-14(13)16)17(19)9-11-5-6-12(10-17)21(11)20/h1-4,7-8,11-12,19H,5-6,9-10H2. The number of aliphatic hydroxyl groups is 1. The summed E-state index contributed by atoms with van der Waals surface area (Å²) in [7, 11) is -0.811. The zero-order valence-corrected chi connectivity index (χ0v) is 12.4. The summed E-state index contributed by atoms with van der Waals surface area (Å²) < 4.78 is 26.1. The van der Waals surface area contributed by atoms with Crippen LogP contribution in [0.1, 0.15) is 31.2 Å². The van der Waals surface area contributed by atoms with Gasteiger partial charge in [-0.15, -0.1) is 0 Å². The number of benzene rings is 2. The minimum absolute atomic E-state index is 0.0811. The van der Waals surface area contributed by atoms with Crippen LogP contribution in [0.4, 0.5) is 4.39 Å². The van der Waals surface area contributed by atoms with Crippen molar-refractivity contribution in [2.24, 2.45) is 0 Å². The summed E-state index contributed by atoms with van der Waals surface area (Å²) in [5.41, 5.74) is -0.194. The molecule has 0 radical (unpaired) electrons. The fourth-order valence-electron chi connectivity index (χ4n) is 3.97. The second-order valence-corrected chi connectivity index (χ2v) is 8.22. The highest BCUT2D eigenvalue weighted by molar-refractivity contribution is 7.86. The van der Waals surface area contributed by atoms with Gasteiger partial charge in [0.2, 0.25) is 0 Å². The SMILES string of the molecule is O=S1C2CCC1CC(O)(c1ccc(F)c3ccccc13)C2. The molecule has 2 nitrogen and oxygen atoms in total. The van der Waals surface area contributed by atoms with Crippen LogP contribution in [0, 0.1) is 5.82 Å². The molecule has 2 heterocycles. The lowest BCUT2D eigenvalue weighted by Gasteiger charge is -2.37. The Hall–Kier alpha value is -1.26. The molecule has 0 amide bonds. The van der Waals surface area contributed by atoms with E-state index in [0.29, 0.717) is 18.2 Å². The maximum absolute atomic E-state index is 14.0. The lowest BCUT2D eigenvalue weighted by atomic mass is 9.83. The van der Waals surface area contributed by atoms with Gasteiger partial charge in [0.1, 0.15) is 5.82 Å². The third-order valence-electron chi connectivity index (χ3n) is 4.97. The second kappa shape index (κ2) is 4.62. The molecule has 2 unspecified atom stereocenters. The van der Waals surface area contributed by atoms with Crippen LogP contribution >= 0.6 is 0 Å². The minimum atomic E-state index is -0.979. The van der Waals surface area contributed by atoms with E-state index in [1.54, 1.807) is 18.2 Å². The average molecular weight is 304 g/mol. The van der Waals surface area contributed by atoms with Gasteiger partial charge in [-0.2, -0.15) is 0 Å². The minimum Gasteiger partial charge on any atom is -0.385 e. The maximum atomic E-state index is 14.0. The molecular weight excluding hydrogens is 287 g/mol. The number of halogens is 1. The first-order chi connectivity index (χ1) is 10.1. The fourth-order valence-corrected chi connectivity index (χ4v) is 6.13. The number of fused-ring (bicyclic) bond motifs is 3. The first-order valence-electron chi connectivity index (χ1n) is 7.38. The molecule has 2 atom stereocenters. The van der Waals surface area contributed by atoms with Crippen molar-refractivity contribution in [3.63, 3.8) is 0 Å². The van der Waals surface area contributed by atoms with E-state index >= 15 is 0 Å². The molecule has 21 heavy (non-hydrogen) atoms. The van der Waals surface area contributed by atoms with E-state index < -0.39 is 16.4 Å². The molecule has 4 heteroatoms. The summed E-state index contributed by atoms with van der Waals surface area (Å²) in [5, 5.41) is 12.6. The Morgan fingerprint density at radius 2 is 1.67 bits per heavy atom. The molecule has 0 aromatic heterocycles. The van der Waals surface area contributed by atoms with Crippen LogP contribution < -0.4 is 0 Å². The van der Waals surface area contributed by atoms with Crippen LogP contribution in [-0.2, 0) is 16.4 Å². The van der Waals surface area contributed by atoms with Crippen molar-refractivity contribution >= 4 is 21.6 Å². The Bertz CT molecular complexity index is 727. The Morgan fingerprint density at radius 1 is 1.05 bits per heavy atom. The van der Waals surface area contributed by atoms with Gasteiger partial charge in [0.15, 0.2) is 0 Å². The summed E-state index contributed by atoms with van der Waals surface area (Å²) in [6.07, 6.45) is 2.90. The molecule has 0 saturated carbocycles. The van der Waals surface area contributed by atoms with Crippen molar-refractivity contribution < 1.29 is 13.7 Å². The van der Waals surface area contributed by atoms with Crippen LogP contribution in [-0.4, -0.2) is 19.8 Å². The largest absolute Gasteiger partial charge is 0.385 e. The van der Waals surface area contributed by atoms with E-state index in [2.05, 4.69) is 0 Å². The van der Waals surface area contributed by atoms with Crippen LogP contribution in [0.25, 0.3) is 10.8 Å². The quantitative estimate of drug-likeness (QED) is 0.878. The van der Waals surface area contributed by atoms with E-state index in [9.17, 15) is 13.7 Å². The third-order valence-corrected chi connectivity index (χ3v) is 7.09. The van der Waals surface area contributed by atoms with Gasteiger partial charge in [0, 0.05) is 26.7 Å². The summed E-state index contributed by atoms with van der Waals surface area (Å²) in [4.78, 5) is 0. The molecule has 2 saturated heterocycles. The Balaban J connectivity index is 1.87. The van der Waals surface area contributed by atoms with Crippen LogP contribution in [0.3, 0.4) is 0 Å². The summed E-state index contributed by atoms with van der Waals surface area (Å²) in [5.74, 6) is -0.264. The maximum Gasteiger partial charge on any atom is 0.131 e. The average Bonchev–Trinajstić information content (AvgIpc) is 2.71. The van der Waals surface area contributed by atoms with Gasteiger partial charge >= 0.3 is 0 Å². The molecule has 0 spiro atoms. The van der Waals surface area contributed by atoms with Gasteiger partial charge in [-0.1, -0.05) is 30.3 Å². The van der Waals surface area contributed by atoms with Gasteiger partial charge in [-0.05, 0) is 42.7 Å². The highest BCUT2D eigenvalue weighted by Crippen LogP contribution is 2.47. The fraction of sp³-hybridized carbons (Fsp3) is 0.412. The van der Waals surface area contributed by atoms with Crippen LogP contribution in [0.5, 0.6) is 0 Å².